The second-order valence-electron chi connectivity index (χ2n) is 3.53. The van der Waals surface area contributed by atoms with E-state index in [0.717, 1.165) is 12.3 Å². The molecule has 1 amide bonds. The van der Waals surface area contributed by atoms with Gasteiger partial charge in [0, 0.05) is 19.5 Å². The Morgan fingerprint density at radius 1 is 1.50 bits per heavy atom. The molecule has 0 radical (unpaired) electrons. The van der Waals surface area contributed by atoms with Crippen LogP contribution >= 0.6 is 11.3 Å². The normalized spacial score (nSPS) is 10.3. The van der Waals surface area contributed by atoms with Crippen molar-refractivity contribution >= 4 is 22.4 Å². The molecule has 0 unspecified atom stereocenters. The van der Waals surface area contributed by atoms with E-state index in [9.17, 15) is 4.79 Å². The van der Waals surface area contributed by atoms with Crippen molar-refractivity contribution in [2.24, 2.45) is 0 Å². The van der Waals surface area contributed by atoms with Crippen LogP contribution in [0.4, 0.5) is 5.13 Å². The van der Waals surface area contributed by atoms with Crippen molar-refractivity contribution in [3.8, 4) is 0 Å². The highest BCUT2D eigenvalue weighted by atomic mass is 32.1. The van der Waals surface area contributed by atoms with Crippen molar-refractivity contribution in [2.75, 3.05) is 18.4 Å². The summed E-state index contributed by atoms with van der Waals surface area (Å²) in [7, 11) is 0. The molecule has 2 heterocycles. The Balaban J connectivity index is 1.80. The number of anilines is 1. The van der Waals surface area contributed by atoms with E-state index in [0.29, 0.717) is 23.1 Å². The van der Waals surface area contributed by atoms with Gasteiger partial charge in [0.2, 0.25) is 10.1 Å². The van der Waals surface area contributed by atoms with E-state index in [1.54, 1.807) is 6.26 Å². The highest BCUT2D eigenvalue weighted by Gasteiger charge is 2.11. The SMILES string of the molecule is CCNc1nnc(C(=O)NCCc2ccco2)s1. The highest BCUT2D eigenvalue weighted by molar-refractivity contribution is 7.17. The fourth-order valence-electron chi connectivity index (χ4n) is 1.37. The minimum Gasteiger partial charge on any atom is -0.469 e. The lowest BCUT2D eigenvalue weighted by atomic mass is 10.3. The number of hydrogen-bond acceptors (Lipinski definition) is 6. The van der Waals surface area contributed by atoms with Crippen LogP contribution in [-0.2, 0) is 6.42 Å². The lowest BCUT2D eigenvalue weighted by Gasteiger charge is -2.00. The number of amides is 1. The second kappa shape index (κ2) is 6.15. The molecule has 2 aromatic rings. The molecule has 0 aliphatic rings. The maximum atomic E-state index is 11.7. The number of hydrogen-bond donors (Lipinski definition) is 2. The van der Waals surface area contributed by atoms with Crippen LogP contribution in [0.5, 0.6) is 0 Å². The van der Waals surface area contributed by atoms with Crippen LogP contribution in [0, 0.1) is 0 Å². The van der Waals surface area contributed by atoms with Gasteiger partial charge in [-0.2, -0.15) is 0 Å². The van der Waals surface area contributed by atoms with Gasteiger partial charge in [-0.25, -0.2) is 0 Å². The number of nitrogens with zero attached hydrogens (tertiary/aromatic N) is 2. The molecule has 0 aliphatic carbocycles. The molecule has 96 valence electrons. The zero-order chi connectivity index (χ0) is 12.8. The molecule has 7 heteroatoms. The van der Waals surface area contributed by atoms with E-state index in [1.807, 2.05) is 19.1 Å². The summed E-state index contributed by atoms with van der Waals surface area (Å²) in [5, 5.41) is 14.5. The highest BCUT2D eigenvalue weighted by Crippen LogP contribution is 2.14. The molecule has 0 atom stereocenters. The minimum atomic E-state index is -0.205. The summed E-state index contributed by atoms with van der Waals surface area (Å²) in [5.74, 6) is 0.643. The minimum absolute atomic E-state index is 0.205. The van der Waals surface area contributed by atoms with Crippen LogP contribution in [0.3, 0.4) is 0 Å². The van der Waals surface area contributed by atoms with E-state index in [1.165, 1.54) is 11.3 Å². The van der Waals surface area contributed by atoms with Gasteiger partial charge in [0.1, 0.15) is 5.76 Å². The summed E-state index contributed by atoms with van der Waals surface area (Å²) >= 11 is 1.24. The van der Waals surface area contributed by atoms with E-state index in [-0.39, 0.29) is 5.91 Å². The van der Waals surface area contributed by atoms with Gasteiger partial charge in [-0.15, -0.1) is 10.2 Å². The summed E-state index contributed by atoms with van der Waals surface area (Å²) < 4.78 is 5.17. The van der Waals surface area contributed by atoms with E-state index >= 15 is 0 Å². The molecule has 2 N–H and O–H groups in total. The predicted molar refractivity (Wildman–Crippen MR) is 68.8 cm³/mol. The van der Waals surface area contributed by atoms with Gasteiger partial charge < -0.3 is 15.1 Å². The standard InChI is InChI=1S/C11H14N4O2S/c1-2-12-11-15-14-10(18-11)9(16)13-6-5-8-4-3-7-17-8/h3-4,7H,2,5-6H2,1H3,(H,12,15)(H,13,16). The van der Waals surface area contributed by atoms with Crippen LogP contribution in [0.25, 0.3) is 0 Å². The van der Waals surface area contributed by atoms with Gasteiger partial charge in [0.05, 0.1) is 6.26 Å². The Kier molecular flexibility index (Phi) is 4.30. The maximum absolute atomic E-state index is 11.7. The molecule has 2 aromatic heterocycles. The molecule has 0 saturated carbocycles. The van der Waals surface area contributed by atoms with Crippen molar-refractivity contribution in [1.29, 1.82) is 0 Å². The zero-order valence-electron chi connectivity index (χ0n) is 9.97. The maximum Gasteiger partial charge on any atom is 0.282 e. The average Bonchev–Trinajstić information content (AvgIpc) is 3.00. The Bertz CT molecular complexity index is 495. The van der Waals surface area contributed by atoms with Gasteiger partial charge in [-0.05, 0) is 19.1 Å². The van der Waals surface area contributed by atoms with Crippen molar-refractivity contribution in [2.45, 2.75) is 13.3 Å². The summed E-state index contributed by atoms with van der Waals surface area (Å²) in [6.45, 7) is 3.24. The first-order valence-corrected chi connectivity index (χ1v) is 6.49. The van der Waals surface area contributed by atoms with Gasteiger partial charge in [0.25, 0.3) is 5.91 Å². The van der Waals surface area contributed by atoms with Crippen LogP contribution in [0.2, 0.25) is 0 Å². The lowest BCUT2D eigenvalue weighted by molar-refractivity contribution is 0.0952. The van der Waals surface area contributed by atoms with Crippen LogP contribution in [0.1, 0.15) is 22.5 Å². The van der Waals surface area contributed by atoms with Gasteiger partial charge in [-0.3, -0.25) is 4.79 Å². The zero-order valence-corrected chi connectivity index (χ0v) is 10.8. The molecular weight excluding hydrogens is 252 g/mol. The van der Waals surface area contributed by atoms with E-state index in [2.05, 4.69) is 20.8 Å². The molecule has 0 saturated heterocycles. The summed E-state index contributed by atoms with van der Waals surface area (Å²) in [4.78, 5) is 11.7. The Morgan fingerprint density at radius 2 is 2.39 bits per heavy atom. The fraction of sp³-hybridized carbons (Fsp3) is 0.364. The van der Waals surface area contributed by atoms with Crippen LogP contribution < -0.4 is 10.6 Å². The third-order valence-corrected chi connectivity index (χ3v) is 3.06. The summed E-state index contributed by atoms with van der Waals surface area (Å²) in [6.07, 6.45) is 2.28. The predicted octanol–water partition coefficient (Wildman–Crippen LogP) is 1.54. The number of nitrogens with one attached hydrogen (secondary N) is 2. The first kappa shape index (κ1) is 12.6. The number of aromatic nitrogens is 2. The van der Waals surface area contributed by atoms with Gasteiger partial charge in [-0.1, -0.05) is 11.3 Å². The topological polar surface area (TPSA) is 80.0 Å². The number of rotatable bonds is 6. The molecule has 0 bridgehead atoms. The fourth-order valence-corrected chi connectivity index (χ4v) is 2.10. The Hall–Kier alpha value is -1.89. The lowest BCUT2D eigenvalue weighted by Crippen LogP contribution is -2.25. The van der Waals surface area contributed by atoms with Crippen LogP contribution in [0.15, 0.2) is 22.8 Å². The summed E-state index contributed by atoms with van der Waals surface area (Å²) in [5.41, 5.74) is 0. The second-order valence-corrected chi connectivity index (χ2v) is 4.51. The molecule has 2 rings (SSSR count). The number of furan rings is 1. The molecular formula is C11H14N4O2S. The Morgan fingerprint density at radius 3 is 3.11 bits per heavy atom. The third-order valence-electron chi connectivity index (χ3n) is 2.18. The molecule has 6 nitrogen and oxygen atoms in total. The van der Waals surface area contributed by atoms with Crippen molar-refractivity contribution in [3.63, 3.8) is 0 Å². The van der Waals surface area contributed by atoms with E-state index in [4.69, 9.17) is 4.42 Å². The molecule has 18 heavy (non-hydrogen) atoms. The molecule has 0 aliphatic heterocycles. The van der Waals surface area contributed by atoms with Gasteiger partial charge >= 0.3 is 0 Å². The van der Waals surface area contributed by atoms with Crippen LogP contribution in [-0.4, -0.2) is 29.2 Å². The molecule has 0 fully saturated rings. The quantitative estimate of drug-likeness (QED) is 0.829. The number of carbonyl (C=O) groups is 1. The smallest absolute Gasteiger partial charge is 0.282 e. The monoisotopic (exact) mass is 266 g/mol. The molecule has 0 aromatic carbocycles. The third kappa shape index (κ3) is 3.30. The molecule has 0 spiro atoms. The van der Waals surface area contributed by atoms with Crippen molar-refractivity contribution in [1.82, 2.24) is 15.5 Å². The van der Waals surface area contributed by atoms with Gasteiger partial charge in [0.15, 0.2) is 0 Å². The number of carbonyl (C=O) groups excluding carboxylic acids is 1. The van der Waals surface area contributed by atoms with E-state index < -0.39 is 0 Å². The van der Waals surface area contributed by atoms with Crippen molar-refractivity contribution in [3.05, 3.63) is 29.2 Å². The van der Waals surface area contributed by atoms with Crippen molar-refractivity contribution < 1.29 is 9.21 Å². The summed E-state index contributed by atoms with van der Waals surface area (Å²) in [6, 6.07) is 3.70. The first-order valence-electron chi connectivity index (χ1n) is 5.67. The first-order chi connectivity index (χ1) is 8.79. The Labute approximate surface area is 108 Å². The average molecular weight is 266 g/mol. The largest absolute Gasteiger partial charge is 0.469 e.